The number of aromatic nitrogens is 3. The predicted molar refractivity (Wildman–Crippen MR) is 168 cm³/mol. The Bertz CT molecular complexity index is 1520. The summed E-state index contributed by atoms with van der Waals surface area (Å²) in [5, 5.41) is 11.9. The predicted octanol–water partition coefficient (Wildman–Crippen LogP) is 7.47. The Kier molecular flexibility index (Phi) is 9.82. The van der Waals surface area contributed by atoms with Gasteiger partial charge in [0, 0.05) is 11.4 Å². The van der Waals surface area contributed by atoms with E-state index in [-0.39, 0.29) is 5.91 Å². The van der Waals surface area contributed by atoms with Crippen molar-refractivity contribution in [3.05, 3.63) is 101 Å². The topological polar surface area (TPSA) is 90.3 Å². The van der Waals surface area contributed by atoms with Crippen LogP contribution in [-0.4, -0.2) is 33.9 Å². The number of fused-ring (bicyclic) bond motifs is 1. The van der Waals surface area contributed by atoms with E-state index in [2.05, 4.69) is 29.7 Å². The maximum atomic E-state index is 14.0. The zero-order valence-corrected chi connectivity index (χ0v) is 25.1. The molecule has 9 heteroatoms. The summed E-state index contributed by atoms with van der Waals surface area (Å²) in [5.41, 5.74) is 3.98. The van der Waals surface area contributed by atoms with E-state index in [1.165, 1.54) is 5.56 Å². The van der Waals surface area contributed by atoms with Gasteiger partial charge in [0.1, 0.15) is 17.5 Å². The smallest absolute Gasteiger partial charge is 0.255 e. The fourth-order valence-corrected chi connectivity index (χ4v) is 5.63. The number of ether oxygens (including phenoxy) is 2. The average molecular weight is 584 g/mol. The maximum absolute atomic E-state index is 14.0. The number of unbranched alkanes of at least 4 members (excludes halogenated alkanes) is 2. The van der Waals surface area contributed by atoms with E-state index in [0.717, 1.165) is 36.3 Å². The molecule has 1 aliphatic rings. The third-order valence-electron chi connectivity index (χ3n) is 6.94. The molecule has 42 heavy (non-hydrogen) atoms. The van der Waals surface area contributed by atoms with E-state index >= 15 is 0 Å². The summed E-state index contributed by atoms with van der Waals surface area (Å²) in [6, 6.07) is 25.1. The molecule has 1 amide bonds. The first kappa shape index (κ1) is 29.3. The lowest BCUT2D eigenvalue weighted by atomic mass is 9.95. The molecule has 2 N–H and O–H groups in total. The SMILES string of the molecule is CCCCCOc1ccc(C2C(C(=O)Nc3ccccc3OCC)=C(C)Nc3nc(SCc4ccccc4)nn32)cc1. The van der Waals surface area contributed by atoms with E-state index in [1.807, 2.05) is 80.6 Å². The van der Waals surface area contributed by atoms with Crippen molar-refractivity contribution in [1.82, 2.24) is 14.8 Å². The van der Waals surface area contributed by atoms with Gasteiger partial charge >= 0.3 is 0 Å². The second kappa shape index (κ2) is 14.1. The molecule has 0 aliphatic carbocycles. The second-order valence-corrected chi connectivity index (χ2v) is 11.0. The number of thioether (sulfide) groups is 1. The Morgan fingerprint density at radius 1 is 0.976 bits per heavy atom. The third-order valence-corrected chi connectivity index (χ3v) is 7.84. The van der Waals surface area contributed by atoms with Gasteiger partial charge in [0.05, 0.1) is 24.5 Å². The number of allylic oxidation sites excluding steroid dienone is 1. The Balaban J connectivity index is 1.45. The molecule has 0 saturated carbocycles. The van der Waals surface area contributed by atoms with Crippen LogP contribution in [0, 0.1) is 0 Å². The van der Waals surface area contributed by atoms with Crippen molar-refractivity contribution in [3.63, 3.8) is 0 Å². The van der Waals surface area contributed by atoms with Crippen LogP contribution in [0.3, 0.4) is 0 Å². The Morgan fingerprint density at radius 3 is 2.50 bits per heavy atom. The minimum absolute atomic E-state index is 0.239. The first-order chi connectivity index (χ1) is 20.6. The summed E-state index contributed by atoms with van der Waals surface area (Å²) in [7, 11) is 0. The highest BCUT2D eigenvalue weighted by Gasteiger charge is 2.34. The monoisotopic (exact) mass is 583 g/mol. The molecule has 1 aliphatic heterocycles. The molecule has 218 valence electrons. The van der Waals surface area contributed by atoms with Gasteiger partial charge in [-0.3, -0.25) is 4.79 Å². The number of rotatable bonds is 13. The summed E-state index contributed by atoms with van der Waals surface area (Å²) in [5.74, 6) is 2.53. The summed E-state index contributed by atoms with van der Waals surface area (Å²) in [6.45, 7) is 7.18. The molecule has 1 unspecified atom stereocenters. The van der Waals surface area contributed by atoms with Crippen LogP contribution in [-0.2, 0) is 10.5 Å². The van der Waals surface area contributed by atoms with Crippen LogP contribution in [0.25, 0.3) is 0 Å². The average Bonchev–Trinajstić information content (AvgIpc) is 3.42. The van der Waals surface area contributed by atoms with Gasteiger partial charge < -0.3 is 20.1 Å². The van der Waals surface area contributed by atoms with Crippen molar-refractivity contribution in [1.29, 1.82) is 0 Å². The van der Waals surface area contributed by atoms with Gasteiger partial charge in [-0.2, -0.15) is 4.98 Å². The van der Waals surface area contributed by atoms with Gasteiger partial charge in [0.15, 0.2) is 0 Å². The highest BCUT2D eigenvalue weighted by atomic mass is 32.2. The van der Waals surface area contributed by atoms with E-state index in [1.54, 1.807) is 16.4 Å². The Morgan fingerprint density at radius 2 is 1.74 bits per heavy atom. The number of nitrogens with one attached hydrogen (secondary N) is 2. The van der Waals surface area contributed by atoms with Crippen molar-refractivity contribution >= 4 is 29.3 Å². The third kappa shape index (κ3) is 6.97. The quantitative estimate of drug-likeness (QED) is 0.125. The van der Waals surface area contributed by atoms with Gasteiger partial charge in [0.25, 0.3) is 5.91 Å². The lowest BCUT2D eigenvalue weighted by molar-refractivity contribution is -0.113. The largest absolute Gasteiger partial charge is 0.494 e. The molecule has 8 nitrogen and oxygen atoms in total. The van der Waals surface area contributed by atoms with Crippen molar-refractivity contribution in [2.24, 2.45) is 0 Å². The molecule has 0 bridgehead atoms. The number of amides is 1. The molecule has 0 radical (unpaired) electrons. The van der Waals surface area contributed by atoms with E-state index in [0.29, 0.717) is 47.0 Å². The lowest BCUT2D eigenvalue weighted by Crippen LogP contribution is -2.31. The van der Waals surface area contributed by atoms with Crippen LogP contribution in [0.15, 0.2) is 95.3 Å². The molecule has 3 aromatic carbocycles. The first-order valence-corrected chi connectivity index (χ1v) is 15.4. The zero-order chi connectivity index (χ0) is 29.3. The van der Waals surface area contributed by atoms with Gasteiger partial charge in [-0.15, -0.1) is 5.10 Å². The highest BCUT2D eigenvalue weighted by Crippen LogP contribution is 2.38. The Labute approximate surface area is 251 Å². The number of hydrogen-bond donors (Lipinski definition) is 2. The van der Waals surface area contributed by atoms with Crippen LogP contribution in [0.1, 0.15) is 57.2 Å². The van der Waals surface area contributed by atoms with E-state index in [4.69, 9.17) is 19.6 Å². The molecular formula is C33H37N5O3S. The second-order valence-electron chi connectivity index (χ2n) is 10.0. The molecule has 0 fully saturated rings. The van der Waals surface area contributed by atoms with Crippen molar-refractivity contribution < 1.29 is 14.3 Å². The maximum Gasteiger partial charge on any atom is 0.255 e. The number of carbonyl (C=O) groups excluding carboxylic acids is 1. The number of nitrogens with zero attached hydrogens (tertiary/aromatic N) is 3. The van der Waals surface area contributed by atoms with Crippen LogP contribution in [0.5, 0.6) is 11.5 Å². The molecular weight excluding hydrogens is 546 g/mol. The van der Waals surface area contributed by atoms with Crippen molar-refractivity contribution in [3.8, 4) is 11.5 Å². The molecule has 1 aromatic heterocycles. The summed E-state index contributed by atoms with van der Waals surface area (Å²) >= 11 is 1.56. The van der Waals surface area contributed by atoms with E-state index < -0.39 is 6.04 Å². The normalized spacial score (nSPS) is 14.2. The lowest BCUT2D eigenvalue weighted by Gasteiger charge is -2.29. The fraction of sp³-hybridized carbons (Fsp3) is 0.303. The fourth-order valence-electron chi connectivity index (χ4n) is 4.85. The first-order valence-electron chi connectivity index (χ1n) is 14.4. The van der Waals surface area contributed by atoms with Gasteiger partial charge in [-0.25, -0.2) is 4.68 Å². The van der Waals surface area contributed by atoms with E-state index in [9.17, 15) is 4.79 Å². The zero-order valence-electron chi connectivity index (χ0n) is 24.3. The van der Waals surface area contributed by atoms with Crippen LogP contribution >= 0.6 is 11.8 Å². The summed E-state index contributed by atoms with van der Waals surface area (Å²) in [6.07, 6.45) is 3.31. The summed E-state index contributed by atoms with van der Waals surface area (Å²) in [4.78, 5) is 18.7. The van der Waals surface area contributed by atoms with Gasteiger partial charge in [0.2, 0.25) is 11.1 Å². The highest BCUT2D eigenvalue weighted by molar-refractivity contribution is 7.98. The number of anilines is 2. The number of para-hydroxylation sites is 2. The van der Waals surface area contributed by atoms with Crippen LogP contribution < -0.4 is 20.1 Å². The van der Waals surface area contributed by atoms with Crippen LogP contribution in [0.2, 0.25) is 0 Å². The minimum Gasteiger partial charge on any atom is -0.494 e. The van der Waals surface area contributed by atoms with Crippen molar-refractivity contribution in [2.45, 2.75) is 57.0 Å². The summed E-state index contributed by atoms with van der Waals surface area (Å²) < 4.78 is 13.5. The Hall–Kier alpha value is -4.24. The van der Waals surface area contributed by atoms with Gasteiger partial charge in [-0.05, 0) is 55.7 Å². The number of benzene rings is 3. The molecule has 1 atom stereocenters. The molecule has 4 aromatic rings. The minimum atomic E-state index is -0.492. The molecule has 5 rings (SSSR count). The van der Waals surface area contributed by atoms with Gasteiger partial charge in [-0.1, -0.05) is 86.1 Å². The molecule has 0 saturated heterocycles. The molecule has 0 spiro atoms. The number of carbonyl (C=O) groups is 1. The van der Waals surface area contributed by atoms with Crippen LogP contribution in [0.4, 0.5) is 11.6 Å². The standard InChI is InChI=1S/C33H37N5O3S/c1-4-6-12-21-41-26-19-17-25(18-20-26)30-29(31(39)35-27-15-10-11-16-28(27)40-5-2)23(3)34-32-36-33(37-38(30)32)42-22-24-13-8-7-9-14-24/h7-11,13-20,30H,4-6,12,21-22H2,1-3H3,(H,35,39)(H,34,36,37). The number of hydrogen-bond acceptors (Lipinski definition) is 7. The molecule has 2 heterocycles. The van der Waals surface area contributed by atoms with Crippen molar-refractivity contribution in [2.75, 3.05) is 23.8 Å².